The molecule has 1 N–H and O–H groups in total. The van der Waals surface area contributed by atoms with Crippen LogP contribution in [0, 0.1) is 20.8 Å². The molecule has 6 rings (SSSR count). The molecule has 0 aliphatic heterocycles. The van der Waals surface area contributed by atoms with Gasteiger partial charge in [0.05, 0.1) is 11.0 Å². The Hall–Kier alpha value is -3.52. The number of hydrogen-bond donors (Lipinski definition) is 1. The molecule has 4 aromatic carbocycles. The Kier molecular flexibility index (Phi) is 4.99. The maximum absolute atomic E-state index is 3.85. The molecule has 2 nitrogen and oxygen atoms in total. The Morgan fingerprint density at radius 1 is 0.765 bits per heavy atom. The summed E-state index contributed by atoms with van der Waals surface area (Å²) in [6.45, 7) is 9.31. The number of fused-ring (bicyclic) bond motifs is 4. The summed E-state index contributed by atoms with van der Waals surface area (Å²) in [6, 6.07) is 26.2. The zero-order chi connectivity index (χ0) is 23.4. The van der Waals surface area contributed by atoms with Crippen molar-refractivity contribution in [2.24, 2.45) is 0 Å². The minimum atomic E-state index is 0.660. The average molecular weight is 445 g/mol. The van der Waals surface area contributed by atoms with Crippen LogP contribution in [0.4, 0.5) is 11.4 Å². The summed E-state index contributed by atoms with van der Waals surface area (Å²) >= 11 is 0. The van der Waals surface area contributed by atoms with Crippen LogP contribution in [0.5, 0.6) is 0 Å². The number of rotatable bonds is 3. The minimum absolute atomic E-state index is 0.660. The molecule has 0 fully saturated rings. The van der Waals surface area contributed by atoms with Crippen molar-refractivity contribution in [1.82, 2.24) is 4.57 Å². The van der Waals surface area contributed by atoms with Crippen molar-refractivity contribution in [2.45, 2.75) is 52.9 Å². The molecule has 170 valence electrons. The third-order valence-corrected chi connectivity index (χ3v) is 8.01. The summed E-state index contributed by atoms with van der Waals surface area (Å²) in [7, 11) is 0. The first kappa shape index (κ1) is 21.0. The summed E-state index contributed by atoms with van der Waals surface area (Å²) in [5.41, 5.74) is 13.5. The van der Waals surface area contributed by atoms with Crippen molar-refractivity contribution in [3.8, 4) is 5.69 Å². The van der Waals surface area contributed by atoms with Crippen LogP contribution in [-0.4, -0.2) is 4.57 Å². The number of benzene rings is 4. The van der Waals surface area contributed by atoms with E-state index in [0.717, 1.165) is 5.69 Å². The molecule has 1 unspecified atom stereocenters. The predicted molar refractivity (Wildman–Crippen MR) is 146 cm³/mol. The van der Waals surface area contributed by atoms with Crippen LogP contribution in [0.1, 0.15) is 53.5 Å². The summed E-state index contributed by atoms with van der Waals surface area (Å²) in [4.78, 5) is 0. The maximum atomic E-state index is 3.85. The van der Waals surface area contributed by atoms with Crippen molar-refractivity contribution in [2.75, 3.05) is 5.32 Å². The SMILES string of the molecule is Cc1c(C)c2c(c(C)c1Nc1ccc3c4ccccc4n(-c4ccccc4)c3c1)CCCC2C. The first-order chi connectivity index (χ1) is 16.5. The Bertz CT molecular complexity index is 1540. The van der Waals surface area contributed by atoms with Crippen LogP contribution in [0.15, 0.2) is 72.8 Å². The molecule has 1 aliphatic rings. The largest absolute Gasteiger partial charge is 0.355 e. The van der Waals surface area contributed by atoms with E-state index < -0.39 is 0 Å². The molecule has 0 saturated heterocycles. The zero-order valence-electron chi connectivity index (χ0n) is 20.6. The highest BCUT2D eigenvalue weighted by molar-refractivity contribution is 6.10. The molecule has 2 heteroatoms. The van der Waals surface area contributed by atoms with Gasteiger partial charge in [0.15, 0.2) is 0 Å². The van der Waals surface area contributed by atoms with E-state index >= 15 is 0 Å². The van der Waals surface area contributed by atoms with Crippen LogP contribution >= 0.6 is 0 Å². The van der Waals surface area contributed by atoms with E-state index in [4.69, 9.17) is 0 Å². The van der Waals surface area contributed by atoms with Gasteiger partial charge < -0.3 is 9.88 Å². The van der Waals surface area contributed by atoms with Gasteiger partial charge in [-0.05, 0) is 104 Å². The van der Waals surface area contributed by atoms with Gasteiger partial charge in [-0.2, -0.15) is 0 Å². The van der Waals surface area contributed by atoms with E-state index in [9.17, 15) is 0 Å². The second kappa shape index (κ2) is 8.06. The smallest absolute Gasteiger partial charge is 0.0561 e. The standard InChI is InChI=1S/C32H32N2/c1-20-11-10-15-26-23(4)32(22(3)21(2)31(20)26)33-24-17-18-28-27-14-8-9-16-29(27)34(30(28)19-24)25-12-6-5-7-13-25/h5-9,12-14,16-20,33H,10-11,15H2,1-4H3. The lowest BCUT2D eigenvalue weighted by atomic mass is 9.77. The van der Waals surface area contributed by atoms with Gasteiger partial charge in [0.1, 0.15) is 0 Å². The first-order valence-corrected chi connectivity index (χ1v) is 12.5. The Balaban J connectivity index is 1.53. The normalized spacial score (nSPS) is 15.6. The van der Waals surface area contributed by atoms with Crippen molar-refractivity contribution in [3.63, 3.8) is 0 Å². The van der Waals surface area contributed by atoms with E-state index in [1.807, 2.05) is 0 Å². The molecule has 1 heterocycles. The number of nitrogens with zero attached hydrogens (tertiary/aromatic N) is 1. The van der Waals surface area contributed by atoms with E-state index in [-0.39, 0.29) is 0 Å². The van der Waals surface area contributed by atoms with Crippen molar-refractivity contribution in [1.29, 1.82) is 0 Å². The third-order valence-electron chi connectivity index (χ3n) is 8.01. The number of aromatic nitrogens is 1. The monoisotopic (exact) mass is 444 g/mol. The van der Waals surface area contributed by atoms with Crippen LogP contribution < -0.4 is 5.32 Å². The van der Waals surface area contributed by atoms with Crippen molar-refractivity contribution >= 4 is 33.2 Å². The van der Waals surface area contributed by atoms with Crippen LogP contribution in [0.2, 0.25) is 0 Å². The van der Waals surface area contributed by atoms with Gasteiger partial charge in [0.25, 0.3) is 0 Å². The minimum Gasteiger partial charge on any atom is -0.355 e. The Morgan fingerprint density at radius 3 is 2.32 bits per heavy atom. The first-order valence-electron chi connectivity index (χ1n) is 12.5. The van der Waals surface area contributed by atoms with Crippen LogP contribution in [0.3, 0.4) is 0 Å². The molecular weight excluding hydrogens is 412 g/mol. The lowest BCUT2D eigenvalue weighted by Gasteiger charge is -2.30. The van der Waals surface area contributed by atoms with Gasteiger partial charge in [0, 0.05) is 27.8 Å². The number of para-hydroxylation sites is 2. The summed E-state index contributed by atoms with van der Waals surface area (Å²) in [5, 5.41) is 6.42. The van der Waals surface area contributed by atoms with Gasteiger partial charge in [-0.25, -0.2) is 0 Å². The molecule has 1 atom stereocenters. The van der Waals surface area contributed by atoms with Gasteiger partial charge in [-0.1, -0.05) is 49.4 Å². The highest BCUT2D eigenvalue weighted by atomic mass is 15.0. The predicted octanol–water partition coefficient (Wildman–Crippen LogP) is 8.89. The van der Waals surface area contributed by atoms with E-state index in [0.29, 0.717) is 5.92 Å². The quantitative estimate of drug-likeness (QED) is 0.294. The molecule has 5 aromatic rings. The highest BCUT2D eigenvalue weighted by Crippen LogP contribution is 2.42. The van der Waals surface area contributed by atoms with Crippen molar-refractivity contribution < 1.29 is 0 Å². The fourth-order valence-corrected chi connectivity index (χ4v) is 6.20. The lowest BCUT2D eigenvalue weighted by Crippen LogP contribution is -2.14. The Morgan fingerprint density at radius 2 is 1.50 bits per heavy atom. The number of hydrogen-bond acceptors (Lipinski definition) is 1. The molecule has 0 radical (unpaired) electrons. The number of anilines is 2. The second-order valence-corrected chi connectivity index (χ2v) is 9.98. The van der Waals surface area contributed by atoms with Gasteiger partial charge >= 0.3 is 0 Å². The third kappa shape index (κ3) is 3.16. The molecule has 1 aromatic heterocycles. The molecule has 0 bridgehead atoms. The van der Waals surface area contributed by atoms with E-state index in [1.165, 1.54) is 69.1 Å². The molecule has 0 saturated carbocycles. The summed E-state index contributed by atoms with van der Waals surface area (Å²) in [5.74, 6) is 0.660. The van der Waals surface area contributed by atoms with E-state index in [2.05, 4.69) is 110 Å². The topological polar surface area (TPSA) is 17.0 Å². The average Bonchev–Trinajstić information content (AvgIpc) is 3.19. The van der Waals surface area contributed by atoms with Gasteiger partial charge in [0.2, 0.25) is 0 Å². The van der Waals surface area contributed by atoms with Gasteiger partial charge in [-0.15, -0.1) is 0 Å². The molecule has 34 heavy (non-hydrogen) atoms. The van der Waals surface area contributed by atoms with Gasteiger partial charge in [-0.3, -0.25) is 0 Å². The summed E-state index contributed by atoms with van der Waals surface area (Å²) < 4.78 is 2.38. The maximum Gasteiger partial charge on any atom is 0.0561 e. The molecular formula is C32H32N2. The zero-order valence-corrected chi connectivity index (χ0v) is 20.6. The molecule has 0 spiro atoms. The molecule has 1 aliphatic carbocycles. The fraction of sp³-hybridized carbons (Fsp3) is 0.250. The molecule has 0 amide bonds. The lowest BCUT2D eigenvalue weighted by molar-refractivity contribution is 0.584. The van der Waals surface area contributed by atoms with Crippen LogP contribution in [-0.2, 0) is 6.42 Å². The van der Waals surface area contributed by atoms with Crippen molar-refractivity contribution in [3.05, 3.63) is 101 Å². The van der Waals surface area contributed by atoms with E-state index in [1.54, 1.807) is 11.1 Å². The summed E-state index contributed by atoms with van der Waals surface area (Å²) in [6.07, 6.45) is 3.79. The second-order valence-electron chi connectivity index (χ2n) is 9.98. The fourth-order valence-electron chi connectivity index (χ4n) is 6.20. The Labute approximate surface area is 202 Å². The van der Waals surface area contributed by atoms with Crippen LogP contribution in [0.25, 0.3) is 27.5 Å². The highest BCUT2D eigenvalue weighted by Gasteiger charge is 2.24. The number of nitrogens with one attached hydrogen (secondary N) is 1.